The van der Waals surface area contributed by atoms with Crippen molar-refractivity contribution in [3.05, 3.63) is 147 Å². The molecule has 404 valence electrons. The van der Waals surface area contributed by atoms with E-state index in [-0.39, 0.29) is 35.5 Å². The highest BCUT2D eigenvalue weighted by atomic mass is 79.9. The highest BCUT2D eigenvalue weighted by Gasteiger charge is 2.33. The fourth-order valence-electron chi connectivity index (χ4n) is 8.68. The summed E-state index contributed by atoms with van der Waals surface area (Å²) in [5.74, 6) is 0.144. The molecule has 1 aliphatic rings. The second kappa shape index (κ2) is 32.4. The number of carbonyl (C=O) groups is 3. The maximum absolute atomic E-state index is 13.0. The average molecular weight is 1120 g/mol. The molecule has 17 heteroatoms. The first kappa shape index (κ1) is 59.1. The third-order valence-electron chi connectivity index (χ3n) is 12.5. The summed E-state index contributed by atoms with van der Waals surface area (Å²) in [6.07, 6.45) is 6.46. The van der Waals surface area contributed by atoms with Gasteiger partial charge in [0.2, 0.25) is 5.91 Å². The number of nitrogens with zero attached hydrogens (tertiary/aromatic N) is 3. The van der Waals surface area contributed by atoms with Gasteiger partial charge < -0.3 is 49.3 Å². The van der Waals surface area contributed by atoms with E-state index in [0.717, 1.165) is 65.7 Å². The second-order valence-corrected chi connectivity index (χ2v) is 19.4. The number of nitrogens with one attached hydrogen (secondary N) is 3. The zero-order valence-corrected chi connectivity index (χ0v) is 46.0. The number of hydrogen-bond acceptors (Lipinski definition) is 12. The van der Waals surface area contributed by atoms with Crippen molar-refractivity contribution in [2.45, 2.75) is 77.4 Å². The van der Waals surface area contributed by atoms with Crippen LogP contribution in [0.3, 0.4) is 0 Å². The van der Waals surface area contributed by atoms with Crippen molar-refractivity contribution in [2.24, 2.45) is 0 Å². The number of ether oxygens (including phenoxy) is 6. The van der Waals surface area contributed by atoms with Crippen LogP contribution < -0.4 is 25.6 Å². The number of unbranched alkanes of at least 4 members (excludes halogenated alkanes) is 2. The molecule has 0 saturated heterocycles. The summed E-state index contributed by atoms with van der Waals surface area (Å²) in [7, 11) is 0. The number of rotatable bonds is 32. The lowest BCUT2D eigenvalue weighted by Gasteiger charge is -2.39. The fraction of sp³-hybridized carbons (Fsp3) is 0.407. The smallest absolute Gasteiger partial charge is 0.262 e. The van der Waals surface area contributed by atoms with Gasteiger partial charge in [-0.05, 0) is 156 Å². The standard InChI is InChI=1S/C59H70BrClN6O9/c1-4-9-54(66-59(70)48(41-62)39-51-10-8-11-57(60)65-51)45-16-23-52(24-17-45)76-37-36-75-35-34-74-33-32-73-31-30-72-29-28-71-27-7-5-6-26-63-58(69)46-14-12-44(13-15-46)47-18-25-56-53(40-47)55(38-42(2)67(56)43(3)68)64-50-21-19-49(61)20-22-50/h8,10-25,39-40,42,54-55,64H,4-7,9,26-38H2,1-3H3,(H,63,69)(H,66,70)/b48-39+/t42-,54+,55+/m0/s1. The van der Waals surface area contributed by atoms with Crippen LogP contribution in [0.25, 0.3) is 17.2 Å². The first-order valence-electron chi connectivity index (χ1n) is 26.0. The first-order chi connectivity index (χ1) is 37.0. The van der Waals surface area contributed by atoms with Crippen molar-refractivity contribution < 1.29 is 42.8 Å². The number of benzene rings is 4. The van der Waals surface area contributed by atoms with Gasteiger partial charge in [-0.2, -0.15) is 5.26 Å². The van der Waals surface area contributed by atoms with Crippen LogP contribution in [0.4, 0.5) is 11.4 Å². The Morgan fingerprint density at radius 3 is 2.04 bits per heavy atom. The van der Waals surface area contributed by atoms with Crippen molar-refractivity contribution in [1.29, 1.82) is 5.26 Å². The molecule has 6 rings (SSSR count). The van der Waals surface area contributed by atoms with Gasteiger partial charge in [-0.3, -0.25) is 14.4 Å². The summed E-state index contributed by atoms with van der Waals surface area (Å²) in [5.41, 5.74) is 6.92. The summed E-state index contributed by atoms with van der Waals surface area (Å²) >= 11 is 9.45. The largest absolute Gasteiger partial charge is 0.491 e. The highest BCUT2D eigenvalue weighted by Crippen LogP contribution is 2.41. The van der Waals surface area contributed by atoms with E-state index >= 15 is 0 Å². The van der Waals surface area contributed by atoms with Crippen LogP contribution >= 0.6 is 27.5 Å². The SMILES string of the molecule is CCC[C@@H](NC(=O)/C(C#N)=C/c1cccc(Br)n1)c1ccc(OCCOCCOCCOCCOCCOCCCCCNC(=O)c2ccc(-c3ccc4c(c3)[C@H](Nc3ccc(Cl)cc3)C[C@H](C)N4C(C)=O)cc2)cc1. The minimum atomic E-state index is -0.452. The lowest BCUT2D eigenvalue weighted by Crippen LogP contribution is -2.43. The van der Waals surface area contributed by atoms with E-state index < -0.39 is 5.91 Å². The Bertz CT molecular complexity index is 2670. The molecule has 3 N–H and O–H groups in total. The van der Waals surface area contributed by atoms with Gasteiger partial charge >= 0.3 is 0 Å². The number of anilines is 2. The summed E-state index contributed by atoms with van der Waals surface area (Å²) in [6.45, 7) is 11.4. The van der Waals surface area contributed by atoms with Gasteiger partial charge in [0.15, 0.2) is 0 Å². The van der Waals surface area contributed by atoms with E-state index in [0.29, 0.717) is 112 Å². The van der Waals surface area contributed by atoms with Gasteiger partial charge in [-0.1, -0.05) is 61.3 Å². The molecule has 3 atom stereocenters. The zero-order chi connectivity index (χ0) is 53.9. The summed E-state index contributed by atoms with van der Waals surface area (Å²) < 4.78 is 34.6. The third-order valence-corrected chi connectivity index (χ3v) is 13.2. The van der Waals surface area contributed by atoms with Crippen LogP contribution in [0, 0.1) is 11.3 Å². The number of aromatic nitrogens is 1. The van der Waals surface area contributed by atoms with Crippen molar-refractivity contribution in [1.82, 2.24) is 15.6 Å². The van der Waals surface area contributed by atoms with Crippen LogP contribution in [-0.2, 0) is 33.3 Å². The monoisotopic (exact) mass is 1120 g/mol. The molecular weight excluding hydrogens is 1050 g/mol. The maximum atomic E-state index is 13.0. The van der Waals surface area contributed by atoms with Crippen molar-refractivity contribution >= 4 is 62.7 Å². The maximum Gasteiger partial charge on any atom is 0.262 e. The van der Waals surface area contributed by atoms with E-state index in [1.54, 1.807) is 25.1 Å². The number of nitriles is 1. The lowest BCUT2D eigenvalue weighted by molar-refractivity contribution is -0.118. The molecule has 1 aliphatic heterocycles. The number of pyridine rings is 1. The minimum absolute atomic E-state index is 0.00272. The first-order valence-corrected chi connectivity index (χ1v) is 27.2. The Kier molecular flexibility index (Phi) is 25.2. The summed E-state index contributed by atoms with van der Waals surface area (Å²) in [5, 5.41) is 20.0. The Balaban J connectivity index is 0.731. The normalized spacial score (nSPS) is 14.6. The number of hydrogen-bond donors (Lipinski definition) is 3. The molecule has 1 aromatic heterocycles. The molecule has 5 aromatic rings. The molecular formula is C59H70BrClN6O9. The number of halogens is 2. The number of carbonyl (C=O) groups excluding carboxylic acids is 3. The van der Waals surface area contributed by atoms with Gasteiger partial charge in [0.1, 0.15) is 28.6 Å². The van der Waals surface area contributed by atoms with Gasteiger partial charge in [-0.25, -0.2) is 4.98 Å². The molecule has 2 heterocycles. The number of fused-ring (bicyclic) bond motifs is 1. The van der Waals surface area contributed by atoms with Crippen molar-refractivity contribution in [3.63, 3.8) is 0 Å². The third kappa shape index (κ3) is 19.4. The Hall–Kier alpha value is -6.16. The Labute approximate surface area is 460 Å². The second-order valence-electron chi connectivity index (χ2n) is 18.2. The fourth-order valence-corrected chi connectivity index (χ4v) is 9.16. The van der Waals surface area contributed by atoms with E-state index in [1.807, 2.05) is 103 Å². The predicted octanol–water partition coefficient (Wildman–Crippen LogP) is 11.1. The zero-order valence-electron chi connectivity index (χ0n) is 43.7. The number of amides is 3. The van der Waals surface area contributed by atoms with Crippen LogP contribution in [0.5, 0.6) is 5.75 Å². The Morgan fingerprint density at radius 1 is 0.789 bits per heavy atom. The van der Waals surface area contributed by atoms with E-state index in [4.69, 9.17) is 40.0 Å². The average Bonchev–Trinajstić information content (AvgIpc) is 3.43. The van der Waals surface area contributed by atoms with Crippen molar-refractivity contribution in [2.75, 3.05) is 89.4 Å². The molecule has 15 nitrogen and oxygen atoms in total. The van der Waals surface area contributed by atoms with Gasteiger partial charge in [-0.15, -0.1) is 0 Å². The van der Waals surface area contributed by atoms with Crippen LogP contribution in [0.1, 0.15) is 98.6 Å². The molecule has 0 unspecified atom stereocenters. The van der Waals surface area contributed by atoms with Crippen LogP contribution in [0.2, 0.25) is 5.02 Å². The predicted molar refractivity (Wildman–Crippen MR) is 300 cm³/mol. The summed E-state index contributed by atoms with van der Waals surface area (Å²) in [6, 6.07) is 36.1. The molecule has 0 aliphatic carbocycles. The highest BCUT2D eigenvalue weighted by molar-refractivity contribution is 9.10. The quantitative estimate of drug-likeness (QED) is 0.0161. The molecule has 0 fully saturated rings. The van der Waals surface area contributed by atoms with Crippen LogP contribution in [0.15, 0.2) is 119 Å². The summed E-state index contributed by atoms with van der Waals surface area (Å²) in [4.78, 5) is 44.8. The topological polar surface area (TPSA) is 183 Å². The molecule has 76 heavy (non-hydrogen) atoms. The Morgan fingerprint density at radius 2 is 1.42 bits per heavy atom. The van der Waals surface area contributed by atoms with Gasteiger partial charge in [0, 0.05) is 48.1 Å². The van der Waals surface area contributed by atoms with E-state index in [9.17, 15) is 19.6 Å². The molecule has 0 radical (unpaired) electrons. The van der Waals surface area contributed by atoms with Crippen molar-refractivity contribution in [3.8, 4) is 22.9 Å². The van der Waals surface area contributed by atoms with E-state index in [1.165, 1.54) is 6.08 Å². The molecule has 0 spiro atoms. The molecule has 3 amide bonds. The molecule has 0 saturated carbocycles. The lowest BCUT2D eigenvalue weighted by atomic mass is 9.88. The van der Waals surface area contributed by atoms with Gasteiger partial charge in [0.05, 0.1) is 77.2 Å². The molecule has 0 bridgehead atoms. The van der Waals surface area contributed by atoms with Crippen LogP contribution in [-0.4, -0.2) is 108 Å². The van der Waals surface area contributed by atoms with E-state index in [2.05, 4.69) is 49.9 Å². The minimum Gasteiger partial charge on any atom is -0.491 e. The van der Waals surface area contributed by atoms with Gasteiger partial charge in [0.25, 0.3) is 11.8 Å². The molecule has 4 aromatic carbocycles.